The van der Waals surface area contributed by atoms with Crippen LogP contribution in [0.15, 0.2) is 30.3 Å². The highest BCUT2D eigenvalue weighted by molar-refractivity contribution is 5.94. The lowest BCUT2D eigenvalue weighted by molar-refractivity contribution is -0.124. The van der Waals surface area contributed by atoms with Crippen LogP contribution in [0.1, 0.15) is 25.3 Å². The van der Waals surface area contributed by atoms with E-state index in [4.69, 9.17) is 5.73 Å². The Balaban J connectivity index is 2.47. The molecule has 0 saturated heterocycles. The summed E-state index contributed by atoms with van der Waals surface area (Å²) in [6.45, 7) is 1.93. The van der Waals surface area contributed by atoms with E-state index in [-0.39, 0.29) is 11.8 Å². The van der Waals surface area contributed by atoms with Crippen LogP contribution in [0.25, 0.3) is 0 Å². The first kappa shape index (κ1) is 13.2. The SMILES string of the molecule is CCC(CCc1ccccc1)C(=O)NC(N)=O. The fourth-order valence-corrected chi connectivity index (χ4v) is 1.73. The molecule has 0 aliphatic heterocycles. The molecule has 3 amide bonds. The van der Waals surface area contributed by atoms with E-state index in [2.05, 4.69) is 5.32 Å². The third kappa shape index (κ3) is 4.68. The van der Waals surface area contributed by atoms with E-state index in [0.29, 0.717) is 6.42 Å². The summed E-state index contributed by atoms with van der Waals surface area (Å²) in [7, 11) is 0. The van der Waals surface area contributed by atoms with Gasteiger partial charge in [-0.15, -0.1) is 0 Å². The number of nitrogens with one attached hydrogen (secondary N) is 1. The molecule has 0 radical (unpaired) electrons. The molecule has 4 nitrogen and oxygen atoms in total. The summed E-state index contributed by atoms with van der Waals surface area (Å²) < 4.78 is 0. The number of carbonyl (C=O) groups excluding carboxylic acids is 2. The van der Waals surface area contributed by atoms with Gasteiger partial charge < -0.3 is 5.73 Å². The molecule has 1 rings (SSSR count). The Kier molecular flexibility index (Phi) is 5.20. The zero-order valence-corrected chi connectivity index (χ0v) is 9.98. The fraction of sp³-hybridized carbons (Fsp3) is 0.385. The minimum absolute atomic E-state index is 0.164. The maximum Gasteiger partial charge on any atom is 0.318 e. The molecule has 1 unspecified atom stereocenters. The van der Waals surface area contributed by atoms with Crippen molar-refractivity contribution in [1.82, 2.24) is 5.32 Å². The third-order valence-corrected chi connectivity index (χ3v) is 2.73. The first-order chi connectivity index (χ1) is 8.13. The number of imide groups is 1. The molecule has 0 bridgehead atoms. The third-order valence-electron chi connectivity index (χ3n) is 2.73. The lowest BCUT2D eigenvalue weighted by Crippen LogP contribution is -2.39. The van der Waals surface area contributed by atoms with Crippen molar-refractivity contribution in [3.05, 3.63) is 35.9 Å². The normalized spacial score (nSPS) is 11.8. The molecule has 3 N–H and O–H groups in total. The number of carbonyl (C=O) groups is 2. The van der Waals surface area contributed by atoms with E-state index in [1.165, 1.54) is 5.56 Å². The molecule has 0 fully saturated rings. The molecule has 0 aromatic heterocycles. The first-order valence-corrected chi connectivity index (χ1v) is 5.77. The van der Waals surface area contributed by atoms with Crippen molar-refractivity contribution < 1.29 is 9.59 Å². The highest BCUT2D eigenvalue weighted by atomic mass is 16.2. The van der Waals surface area contributed by atoms with Crippen molar-refractivity contribution in [2.45, 2.75) is 26.2 Å². The number of benzene rings is 1. The molecular formula is C13H18N2O2. The summed E-state index contributed by atoms with van der Waals surface area (Å²) in [5, 5.41) is 2.13. The molecule has 1 atom stereocenters. The average molecular weight is 234 g/mol. The summed E-state index contributed by atoms with van der Waals surface area (Å²) in [5.41, 5.74) is 6.11. The van der Waals surface area contributed by atoms with Gasteiger partial charge in [-0.05, 0) is 24.8 Å². The quantitative estimate of drug-likeness (QED) is 0.816. The minimum Gasteiger partial charge on any atom is -0.351 e. The lowest BCUT2D eigenvalue weighted by Gasteiger charge is -2.13. The maximum absolute atomic E-state index is 11.6. The number of hydrogen-bond acceptors (Lipinski definition) is 2. The largest absolute Gasteiger partial charge is 0.351 e. The average Bonchev–Trinajstić information content (AvgIpc) is 2.30. The minimum atomic E-state index is -0.784. The van der Waals surface area contributed by atoms with Gasteiger partial charge in [-0.3, -0.25) is 10.1 Å². The Hall–Kier alpha value is -1.84. The smallest absolute Gasteiger partial charge is 0.318 e. The van der Waals surface area contributed by atoms with Crippen LogP contribution in [0, 0.1) is 5.92 Å². The summed E-state index contributed by atoms with van der Waals surface area (Å²) >= 11 is 0. The van der Waals surface area contributed by atoms with Crippen LogP contribution in [-0.2, 0) is 11.2 Å². The molecule has 0 saturated carbocycles. The Bertz CT molecular complexity index is 376. The molecule has 17 heavy (non-hydrogen) atoms. The number of urea groups is 1. The molecule has 0 aliphatic rings. The number of amides is 3. The highest BCUT2D eigenvalue weighted by Crippen LogP contribution is 2.13. The number of primary amides is 1. The van der Waals surface area contributed by atoms with Crippen LogP contribution >= 0.6 is 0 Å². The van der Waals surface area contributed by atoms with E-state index in [9.17, 15) is 9.59 Å². The summed E-state index contributed by atoms with van der Waals surface area (Å²) in [6, 6.07) is 9.17. The monoisotopic (exact) mass is 234 g/mol. The van der Waals surface area contributed by atoms with Gasteiger partial charge in [0.2, 0.25) is 5.91 Å². The van der Waals surface area contributed by atoms with Crippen LogP contribution in [0.4, 0.5) is 4.79 Å². The van der Waals surface area contributed by atoms with Gasteiger partial charge in [-0.2, -0.15) is 0 Å². The molecule has 0 heterocycles. The Morgan fingerprint density at radius 2 is 1.94 bits per heavy atom. The van der Waals surface area contributed by atoms with Gasteiger partial charge in [0.25, 0.3) is 0 Å². The van der Waals surface area contributed by atoms with Crippen molar-refractivity contribution in [1.29, 1.82) is 0 Å². The Morgan fingerprint density at radius 1 is 1.29 bits per heavy atom. The number of hydrogen-bond donors (Lipinski definition) is 2. The highest BCUT2D eigenvalue weighted by Gasteiger charge is 2.17. The van der Waals surface area contributed by atoms with Crippen molar-refractivity contribution in [2.75, 3.05) is 0 Å². The van der Waals surface area contributed by atoms with Crippen molar-refractivity contribution >= 4 is 11.9 Å². The zero-order chi connectivity index (χ0) is 12.7. The fourth-order valence-electron chi connectivity index (χ4n) is 1.73. The molecule has 0 spiro atoms. The molecule has 1 aromatic carbocycles. The van der Waals surface area contributed by atoms with Gasteiger partial charge in [-0.25, -0.2) is 4.79 Å². The Morgan fingerprint density at radius 3 is 2.47 bits per heavy atom. The standard InChI is InChI=1S/C13H18N2O2/c1-2-11(12(16)15-13(14)17)9-8-10-6-4-3-5-7-10/h3-7,11H,2,8-9H2,1H3,(H3,14,15,16,17). The van der Waals surface area contributed by atoms with E-state index in [1.54, 1.807) is 0 Å². The molecular weight excluding hydrogens is 216 g/mol. The van der Waals surface area contributed by atoms with Gasteiger partial charge in [-0.1, -0.05) is 37.3 Å². The Labute approximate surface area is 101 Å². The topological polar surface area (TPSA) is 72.2 Å². The zero-order valence-electron chi connectivity index (χ0n) is 9.98. The second kappa shape index (κ2) is 6.68. The molecule has 1 aromatic rings. The van der Waals surface area contributed by atoms with E-state index < -0.39 is 6.03 Å². The van der Waals surface area contributed by atoms with Crippen molar-refractivity contribution in [3.63, 3.8) is 0 Å². The van der Waals surface area contributed by atoms with Gasteiger partial charge >= 0.3 is 6.03 Å². The molecule has 0 aliphatic carbocycles. The number of rotatable bonds is 5. The van der Waals surface area contributed by atoms with Crippen molar-refractivity contribution in [2.24, 2.45) is 11.7 Å². The maximum atomic E-state index is 11.6. The van der Waals surface area contributed by atoms with Gasteiger partial charge in [0.1, 0.15) is 0 Å². The van der Waals surface area contributed by atoms with Crippen LogP contribution in [-0.4, -0.2) is 11.9 Å². The summed E-state index contributed by atoms with van der Waals surface area (Å²) in [4.78, 5) is 22.2. The van der Waals surface area contributed by atoms with Gasteiger partial charge in [0.15, 0.2) is 0 Å². The van der Waals surface area contributed by atoms with Crippen LogP contribution in [0.2, 0.25) is 0 Å². The van der Waals surface area contributed by atoms with Gasteiger partial charge in [0.05, 0.1) is 0 Å². The van der Waals surface area contributed by atoms with Crippen molar-refractivity contribution in [3.8, 4) is 0 Å². The lowest BCUT2D eigenvalue weighted by atomic mass is 9.96. The number of aryl methyl sites for hydroxylation is 1. The van der Waals surface area contributed by atoms with E-state index in [1.807, 2.05) is 37.3 Å². The molecule has 4 heteroatoms. The second-order valence-electron chi connectivity index (χ2n) is 3.98. The molecule has 92 valence electrons. The summed E-state index contributed by atoms with van der Waals surface area (Å²) in [6.07, 6.45) is 2.25. The number of nitrogens with two attached hydrogens (primary N) is 1. The van der Waals surface area contributed by atoms with Crippen LogP contribution < -0.4 is 11.1 Å². The van der Waals surface area contributed by atoms with E-state index in [0.717, 1.165) is 12.8 Å². The van der Waals surface area contributed by atoms with Crippen LogP contribution in [0.3, 0.4) is 0 Å². The predicted octanol–water partition coefficient (Wildman–Crippen LogP) is 1.84. The first-order valence-electron chi connectivity index (χ1n) is 5.77. The van der Waals surface area contributed by atoms with Gasteiger partial charge in [0, 0.05) is 5.92 Å². The van der Waals surface area contributed by atoms with Crippen LogP contribution in [0.5, 0.6) is 0 Å². The summed E-state index contributed by atoms with van der Waals surface area (Å²) in [5.74, 6) is -0.446. The second-order valence-corrected chi connectivity index (χ2v) is 3.98. The predicted molar refractivity (Wildman–Crippen MR) is 66.3 cm³/mol. The van der Waals surface area contributed by atoms with E-state index >= 15 is 0 Å².